The number of hydrogen-bond acceptors (Lipinski definition) is 5. The van der Waals surface area contributed by atoms with Gasteiger partial charge in [-0.05, 0) is 42.7 Å². The molecule has 1 heterocycles. The van der Waals surface area contributed by atoms with Crippen molar-refractivity contribution in [2.75, 3.05) is 25.5 Å². The van der Waals surface area contributed by atoms with Crippen LogP contribution in [-0.4, -0.2) is 48.0 Å². The van der Waals surface area contributed by atoms with Crippen LogP contribution in [0, 0.1) is 11.6 Å². The molecule has 9 heteroatoms. The zero-order valence-corrected chi connectivity index (χ0v) is 19.5. The second kappa shape index (κ2) is 10.2. The molecule has 4 rings (SSSR count). The Morgan fingerprint density at radius 3 is 2.17 bits per heavy atom. The van der Waals surface area contributed by atoms with Gasteiger partial charge in [-0.1, -0.05) is 30.3 Å². The Kier molecular flexibility index (Phi) is 7.00. The van der Waals surface area contributed by atoms with Crippen LogP contribution in [0.25, 0.3) is 0 Å². The van der Waals surface area contributed by atoms with Crippen molar-refractivity contribution in [3.05, 3.63) is 95.1 Å². The number of rotatable bonds is 5. The molecular weight excluding hydrogens is 470 g/mol. The van der Waals surface area contributed by atoms with Crippen LogP contribution in [0.3, 0.4) is 0 Å². The van der Waals surface area contributed by atoms with Crippen molar-refractivity contribution in [2.45, 2.75) is 18.3 Å². The van der Waals surface area contributed by atoms with Gasteiger partial charge in [0.05, 0.1) is 18.1 Å². The normalized spacial score (nSPS) is 14.7. The Bertz CT molecular complexity index is 1280. The Balaban J connectivity index is 1.47. The van der Waals surface area contributed by atoms with Crippen LogP contribution in [0.5, 0.6) is 5.75 Å². The van der Waals surface area contributed by atoms with E-state index in [2.05, 4.69) is 5.32 Å². The molecule has 0 bridgehead atoms. The van der Waals surface area contributed by atoms with Gasteiger partial charge in [0.15, 0.2) is 0 Å². The van der Waals surface area contributed by atoms with Gasteiger partial charge in [-0.15, -0.1) is 0 Å². The Labute approximate surface area is 206 Å². The molecule has 2 amide bonds. The molecule has 0 saturated carbocycles. The van der Waals surface area contributed by atoms with Gasteiger partial charge in [0.25, 0.3) is 11.8 Å². The van der Waals surface area contributed by atoms with Crippen molar-refractivity contribution in [3.8, 4) is 5.75 Å². The Hall–Kier alpha value is -4.27. The summed E-state index contributed by atoms with van der Waals surface area (Å²) in [5, 5.41) is 12.9. The number of nitrogens with one attached hydrogen (secondary N) is 1. The first-order valence-corrected chi connectivity index (χ1v) is 11.3. The molecule has 3 aromatic carbocycles. The number of hydrogen-bond donors (Lipinski definition) is 2. The van der Waals surface area contributed by atoms with Crippen LogP contribution in [0.4, 0.5) is 14.5 Å². The first kappa shape index (κ1) is 24.8. The van der Waals surface area contributed by atoms with Gasteiger partial charge in [-0.25, -0.2) is 8.78 Å². The van der Waals surface area contributed by atoms with Crippen LogP contribution >= 0.6 is 0 Å². The lowest BCUT2D eigenvalue weighted by Gasteiger charge is -2.40. The molecule has 1 aliphatic heterocycles. The number of halogens is 2. The molecule has 2 N–H and O–H groups in total. The molecule has 3 aromatic rings. The molecule has 0 spiro atoms. The average molecular weight is 494 g/mol. The average Bonchev–Trinajstić information content (AvgIpc) is 2.88. The summed E-state index contributed by atoms with van der Waals surface area (Å²) in [6.07, 6.45) is 0.711. The van der Waals surface area contributed by atoms with Crippen LogP contribution in [0.1, 0.15) is 39.1 Å². The number of esters is 1. The summed E-state index contributed by atoms with van der Waals surface area (Å²) in [7, 11) is 1.34. The number of likely N-dealkylation sites (tertiary alicyclic amines) is 1. The van der Waals surface area contributed by atoms with E-state index >= 15 is 0 Å². The summed E-state index contributed by atoms with van der Waals surface area (Å²) in [5.74, 6) is -3.71. The smallest absolute Gasteiger partial charge is 0.316 e. The van der Waals surface area contributed by atoms with E-state index in [0.29, 0.717) is 18.9 Å². The molecule has 36 heavy (non-hydrogen) atoms. The van der Waals surface area contributed by atoms with Gasteiger partial charge in [-0.2, -0.15) is 0 Å². The number of aromatic hydroxyl groups is 1. The highest BCUT2D eigenvalue weighted by molar-refractivity contribution is 6.05. The lowest BCUT2D eigenvalue weighted by atomic mass is 9.72. The SMILES string of the molecule is COC(=O)C1(c2ccccc2)CCN(C(=O)c2ccc(NC(=O)c3cc(F)cc(F)c3)cc2O)CC1. The lowest BCUT2D eigenvalue weighted by molar-refractivity contribution is -0.149. The van der Waals surface area contributed by atoms with E-state index in [1.165, 1.54) is 25.3 Å². The Morgan fingerprint density at radius 2 is 1.58 bits per heavy atom. The van der Waals surface area contributed by atoms with Crippen LogP contribution in [0.15, 0.2) is 66.7 Å². The number of amides is 2. The topological polar surface area (TPSA) is 95.9 Å². The third-order valence-corrected chi connectivity index (χ3v) is 6.42. The number of carbonyl (C=O) groups excluding carboxylic acids is 3. The Morgan fingerprint density at radius 1 is 0.944 bits per heavy atom. The van der Waals surface area contributed by atoms with Gasteiger partial charge in [0.2, 0.25) is 0 Å². The van der Waals surface area contributed by atoms with Crippen LogP contribution in [-0.2, 0) is 14.9 Å². The molecule has 1 aliphatic rings. The van der Waals surface area contributed by atoms with E-state index in [1.807, 2.05) is 30.3 Å². The number of piperidine rings is 1. The summed E-state index contributed by atoms with van der Waals surface area (Å²) >= 11 is 0. The zero-order chi connectivity index (χ0) is 25.9. The maximum absolute atomic E-state index is 13.4. The van der Waals surface area contributed by atoms with Crippen molar-refractivity contribution in [3.63, 3.8) is 0 Å². The van der Waals surface area contributed by atoms with Gasteiger partial charge < -0.3 is 20.1 Å². The van der Waals surface area contributed by atoms with E-state index in [1.54, 1.807) is 4.90 Å². The molecule has 0 aliphatic carbocycles. The fourth-order valence-corrected chi connectivity index (χ4v) is 4.50. The van der Waals surface area contributed by atoms with Crippen molar-refractivity contribution >= 4 is 23.5 Å². The van der Waals surface area contributed by atoms with Gasteiger partial charge in [-0.3, -0.25) is 14.4 Å². The molecule has 186 valence electrons. The summed E-state index contributed by atoms with van der Waals surface area (Å²) in [6.45, 7) is 0.539. The van der Waals surface area contributed by atoms with E-state index < -0.39 is 28.9 Å². The number of carbonyl (C=O) groups is 3. The molecular formula is C27H24F2N2O5. The predicted molar refractivity (Wildman–Crippen MR) is 128 cm³/mol. The first-order valence-electron chi connectivity index (χ1n) is 11.3. The van der Waals surface area contributed by atoms with Crippen LogP contribution < -0.4 is 5.32 Å². The molecule has 0 aromatic heterocycles. The highest BCUT2D eigenvalue weighted by atomic mass is 19.1. The number of ether oxygens (including phenoxy) is 1. The van der Waals surface area contributed by atoms with Crippen molar-refractivity contribution in [1.82, 2.24) is 4.90 Å². The van der Waals surface area contributed by atoms with Gasteiger partial charge in [0.1, 0.15) is 17.4 Å². The van der Waals surface area contributed by atoms with E-state index in [-0.39, 0.29) is 41.6 Å². The number of phenolic OH excluding ortho intramolecular Hbond substituents is 1. The van der Waals surface area contributed by atoms with Crippen LogP contribution in [0.2, 0.25) is 0 Å². The highest BCUT2D eigenvalue weighted by Gasteiger charge is 2.45. The maximum Gasteiger partial charge on any atom is 0.316 e. The number of anilines is 1. The summed E-state index contributed by atoms with van der Waals surface area (Å²) in [4.78, 5) is 39.7. The van der Waals surface area contributed by atoms with E-state index in [0.717, 1.165) is 17.7 Å². The maximum atomic E-state index is 13.4. The fraction of sp³-hybridized carbons (Fsp3) is 0.222. The van der Waals surface area contributed by atoms with E-state index in [4.69, 9.17) is 4.74 Å². The fourth-order valence-electron chi connectivity index (χ4n) is 4.50. The van der Waals surface area contributed by atoms with Crippen molar-refractivity contribution in [1.29, 1.82) is 0 Å². The number of phenols is 1. The third-order valence-electron chi connectivity index (χ3n) is 6.42. The highest BCUT2D eigenvalue weighted by Crippen LogP contribution is 2.37. The minimum atomic E-state index is -0.894. The minimum absolute atomic E-state index is 0.0232. The molecule has 0 atom stereocenters. The number of methoxy groups -OCH3 is 1. The monoisotopic (exact) mass is 494 g/mol. The second-order valence-corrected chi connectivity index (χ2v) is 8.58. The molecule has 7 nitrogen and oxygen atoms in total. The van der Waals surface area contributed by atoms with Crippen molar-refractivity contribution < 1.29 is 33.0 Å². The standard InChI is InChI=1S/C27H24F2N2O5/c1-36-26(35)27(18-5-3-2-4-6-18)9-11-31(12-10-27)25(34)22-8-7-21(16-23(22)32)30-24(33)17-13-19(28)15-20(29)14-17/h2-8,13-16,32H,9-12H2,1H3,(H,30,33). The third kappa shape index (κ3) is 4.91. The zero-order valence-electron chi connectivity index (χ0n) is 19.5. The second-order valence-electron chi connectivity index (χ2n) is 8.58. The molecule has 1 saturated heterocycles. The molecule has 0 radical (unpaired) electrons. The van der Waals surface area contributed by atoms with E-state index in [9.17, 15) is 28.3 Å². The number of benzene rings is 3. The largest absolute Gasteiger partial charge is 0.507 e. The van der Waals surface area contributed by atoms with Gasteiger partial charge >= 0.3 is 5.97 Å². The van der Waals surface area contributed by atoms with Gasteiger partial charge in [0, 0.05) is 36.5 Å². The summed E-state index contributed by atoms with van der Waals surface area (Å²) < 4.78 is 31.9. The lowest BCUT2D eigenvalue weighted by Crippen LogP contribution is -2.49. The molecule has 1 fully saturated rings. The van der Waals surface area contributed by atoms with Crippen molar-refractivity contribution in [2.24, 2.45) is 0 Å². The number of nitrogens with zero attached hydrogens (tertiary/aromatic N) is 1. The minimum Gasteiger partial charge on any atom is -0.507 e. The first-order chi connectivity index (χ1) is 17.2. The quantitative estimate of drug-likeness (QED) is 0.517. The summed E-state index contributed by atoms with van der Waals surface area (Å²) in [6, 6.07) is 15.7. The molecule has 0 unspecified atom stereocenters. The summed E-state index contributed by atoms with van der Waals surface area (Å²) in [5.41, 5.74) is -0.0985. The predicted octanol–water partition coefficient (Wildman–Crippen LogP) is 4.27.